The summed E-state index contributed by atoms with van der Waals surface area (Å²) in [7, 11) is 1.59. The van der Waals surface area contributed by atoms with Crippen LogP contribution in [0, 0.1) is 0 Å². The summed E-state index contributed by atoms with van der Waals surface area (Å²) in [5.74, 6) is 0. The summed E-state index contributed by atoms with van der Waals surface area (Å²) in [5, 5.41) is 17.6. The van der Waals surface area contributed by atoms with Crippen LogP contribution in [0.25, 0.3) is 0 Å². The van der Waals surface area contributed by atoms with Crippen molar-refractivity contribution in [1.82, 2.24) is 0 Å². The molecule has 0 radical (unpaired) electrons. The first-order valence-electron chi connectivity index (χ1n) is 4.24. The van der Waals surface area contributed by atoms with Crippen molar-refractivity contribution in [2.24, 2.45) is 0 Å². The van der Waals surface area contributed by atoms with Gasteiger partial charge in [0, 0.05) is 7.11 Å². The molecule has 80 valence electrons. The molecule has 0 aromatic rings. The average molecular weight is 194 g/mol. The van der Waals surface area contributed by atoms with Gasteiger partial charge in [0.15, 0.2) is 0 Å². The van der Waals surface area contributed by atoms with Gasteiger partial charge in [-0.05, 0) is 0 Å². The molecular weight excluding hydrogens is 176 g/mol. The molecule has 0 aromatic carbocycles. The number of hydrogen-bond donors (Lipinski definition) is 2. The Bertz CT molecular complexity index is 98.5. The molecule has 1 atom stereocenters. The van der Waals surface area contributed by atoms with E-state index in [9.17, 15) is 5.11 Å². The Kier molecular flexibility index (Phi) is 9.73. The number of hydrogen-bond acceptors (Lipinski definition) is 5. The van der Waals surface area contributed by atoms with E-state index in [-0.39, 0.29) is 26.4 Å². The van der Waals surface area contributed by atoms with Gasteiger partial charge in [0.25, 0.3) is 0 Å². The second kappa shape index (κ2) is 9.88. The third-order valence-electron chi connectivity index (χ3n) is 1.29. The molecule has 13 heavy (non-hydrogen) atoms. The van der Waals surface area contributed by atoms with Gasteiger partial charge in [0.2, 0.25) is 0 Å². The molecule has 5 nitrogen and oxygen atoms in total. The first-order chi connectivity index (χ1) is 6.31. The number of methoxy groups -OCH3 is 1. The third kappa shape index (κ3) is 9.72. The quantitative estimate of drug-likeness (QED) is 0.462. The van der Waals surface area contributed by atoms with Crippen LogP contribution in [-0.2, 0) is 14.2 Å². The molecule has 0 saturated carbocycles. The van der Waals surface area contributed by atoms with Gasteiger partial charge in [0.1, 0.15) is 6.10 Å². The summed E-state index contributed by atoms with van der Waals surface area (Å²) >= 11 is 0. The molecule has 0 aliphatic heterocycles. The van der Waals surface area contributed by atoms with Gasteiger partial charge in [-0.15, -0.1) is 0 Å². The number of aliphatic hydroxyl groups excluding tert-OH is 2. The van der Waals surface area contributed by atoms with E-state index in [1.165, 1.54) is 0 Å². The first kappa shape index (κ1) is 12.8. The molecule has 5 heteroatoms. The Balaban J connectivity index is 3.05. The molecular formula is C8H18O5. The lowest BCUT2D eigenvalue weighted by molar-refractivity contribution is -0.0331. The summed E-state index contributed by atoms with van der Waals surface area (Å²) in [5.41, 5.74) is 0. The Labute approximate surface area is 78.2 Å². The van der Waals surface area contributed by atoms with Crippen molar-refractivity contribution < 1.29 is 24.4 Å². The van der Waals surface area contributed by atoms with E-state index in [1.54, 1.807) is 7.11 Å². The maximum atomic E-state index is 9.20. The van der Waals surface area contributed by atoms with Crippen LogP contribution in [0.15, 0.2) is 0 Å². The molecule has 0 fully saturated rings. The minimum absolute atomic E-state index is 0.0305. The number of ether oxygens (including phenoxy) is 3. The second-order valence-electron chi connectivity index (χ2n) is 2.52. The standard InChI is InChI=1S/C8H18O5/c1-11-4-5-13-7-8(10)6-12-3-2-9/h8-10H,2-7H2,1H3. The third-order valence-corrected chi connectivity index (χ3v) is 1.29. The highest BCUT2D eigenvalue weighted by Crippen LogP contribution is 1.87. The fraction of sp³-hybridized carbons (Fsp3) is 1.00. The predicted molar refractivity (Wildman–Crippen MR) is 46.6 cm³/mol. The van der Waals surface area contributed by atoms with Crippen LogP contribution < -0.4 is 0 Å². The first-order valence-corrected chi connectivity index (χ1v) is 4.24. The SMILES string of the molecule is COCCOCC(O)COCCO. The van der Waals surface area contributed by atoms with Crippen LogP contribution in [-0.4, -0.2) is 63.1 Å². The Morgan fingerprint density at radius 1 is 1.08 bits per heavy atom. The summed E-state index contributed by atoms with van der Waals surface area (Å²) in [6.45, 7) is 1.62. The van der Waals surface area contributed by atoms with Crippen molar-refractivity contribution in [2.45, 2.75) is 6.10 Å². The van der Waals surface area contributed by atoms with Crippen LogP contribution in [0.1, 0.15) is 0 Å². The molecule has 0 amide bonds. The topological polar surface area (TPSA) is 68.2 Å². The highest BCUT2D eigenvalue weighted by Gasteiger charge is 2.03. The maximum Gasteiger partial charge on any atom is 0.101 e. The lowest BCUT2D eigenvalue weighted by Gasteiger charge is -2.10. The molecule has 0 saturated heterocycles. The fourth-order valence-electron chi connectivity index (χ4n) is 0.694. The van der Waals surface area contributed by atoms with Gasteiger partial charge in [-0.1, -0.05) is 0 Å². The van der Waals surface area contributed by atoms with E-state index in [4.69, 9.17) is 19.3 Å². The lowest BCUT2D eigenvalue weighted by atomic mass is 10.4. The van der Waals surface area contributed by atoms with Crippen LogP contribution in [0.4, 0.5) is 0 Å². The highest BCUT2D eigenvalue weighted by molar-refractivity contribution is 4.50. The zero-order chi connectivity index (χ0) is 9.94. The monoisotopic (exact) mass is 194 g/mol. The van der Waals surface area contributed by atoms with Gasteiger partial charge in [0.05, 0.1) is 39.6 Å². The van der Waals surface area contributed by atoms with E-state index in [1.807, 2.05) is 0 Å². The molecule has 0 aliphatic rings. The maximum absolute atomic E-state index is 9.20. The van der Waals surface area contributed by atoms with Crippen molar-refractivity contribution in [1.29, 1.82) is 0 Å². The average Bonchev–Trinajstić information content (AvgIpc) is 2.13. The predicted octanol–water partition coefficient (Wildman–Crippen LogP) is -0.981. The Morgan fingerprint density at radius 3 is 2.23 bits per heavy atom. The van der Waals surface area contributed by atoms with Crippen molar-refractivity contribution in [3.8, 4) is 0 Å². The van der Waals surface area contributed by atoms with Gasteiger partial charge < -0.3 is 24.4 Å². The summed E-state index contributed by atoms with van der Waals surface area (Å²) in [6, 6.07) is 0. The van der Waals surface area contributed by atoms with E-state index in [0.717, 1.165) is 0 Å². The van der Waals surface area contributed by atoms with E-state index < -0.39 is 6.10 Å². The van der Waals surface area contributed by atoms with E-state index in [0.29, 0.717) is 13.2 Å². The van der Waals surface area contributed by atoms with Crippen molar-refractivity contribution in [3.05, 3.63) is 0 Å². The minimum atomic E-state index is -0.636. The molecule has 0 spiro atoms. The lowest BCUT2D eigenvalue weighted by Crippen LogP contribution is -2.23. The summed E-state index contributed by atoms with van der Waals surface area (Å²) in [6.07, 6.45) is -0.636. The molecule has 1 unspecified atom stereocenters. The normalized spacial score (nSPS) is 13.2. The van der Waals surface area contributed by atoms with Gasteiger partial charge in [-0.2, -0.15) is 0 Å². The van der Waals surface area contributed by atoms with Crippen molar-refractivity contribution in [2.75, 3.05) is 46.8 Å². The van der Waals surface area contributed by atoms with Gasteiger partial charge >= 0.3 is 0 Å². The summed E-state index contributed by atoms with van der Waals surface area (Å²) < 4.78 is 14.7. The zero-order valence-electron chi connectivity index (χ0n) is 7.94. The van der Waals surface area contributed by atoms with Crippen molar-refractivity contribution in [3.63, 3.8) is 0 Å². The van der Waals surface area contributed by atoms with Crippen molar-refractivity contribution >= 4 is 0 Å². The molecule has 0 aliphatic carbocycles. The van der Waals surface area contributed by atoms with Gasteiger partial charge in [-0.25, -0.2) is 0 Å². The van der Waals surface area contributed by atoms with Crippen LogP contribution in [0.3, 0.4) is 0 Å². The highest BCUT2D eigenvalue weighted by atomic mass is 16.5. The van der Waals surface area contributed by atoms with E-state index in [2.05, 4.69) is 0 Å². The molecule has 0 rings (SSSR count). The van der Waals surface area contributed by atoms with Crippen LogP contribution in [0.5, 0.6) is 0 Å². The molecule has 0 aromatic heterocycles. The largest absolute Gasteiger partial charge is 0.394 e. The Hall–Kier alpha value is -0.200. The van der Waals surface area contributed by atoms with Crippen LogP contribution in [0.2, 0.25) is 0 Å². The molecule has 2 N–H and O–H groups in total. The Morgan fingerprint density at radius 2 is 1.69 bits per heavy atom. The molecule has 0 bridgehead atoms. The number of aliphatic hydroxyl groups is 2. The fourth-order valence-corrected chi connectivity index (χ4v) is 0.694. The summed E-state index contributed by atoms with van der Waals surface area (Å²) in [4.78, 5) is 0. The zero-order valence-corrected chi connectivity index (χ0v) is 7.94. The van der Waals surface area contributed by atoms with Gasteiger partial charge in [-0.3, -0.25) is 0 Å². The van der Waals surface area contributed by atoms with E-state index >= 15 is 0 Å². The smallest absolute Gasteiger partial charge is 0.101 e. The number of rotatable bonds is 9. The second-order valence-corrected chi connectivity index (χ2v) is 2.52. The molecule has 0 heterocycles. The minimum Gasteiger partial charge on any atom is -0.394 e. The van der Waals surface area contributed by atoms with Crippen LogP contribution >= 0.6 is 0 Å².